The Bertz CT molecular complexity index is 666. The number of aliphatic carboxylic acids is 1. The Kier molecular flexibility index (Phi) is 4.26. The van der Waals surface area contributed by atoms with Gasteiger partial charge in [0.05, 0.1) is 17.7 Å². The van der Waals surface area contributed by atoms with Crippen LogP contribution < -0.4 is 0 Å². The van der Waals surface area contributed by atoms with Crippen LogP contribution in [0.1, 0.15) is 17.7 Å². The Balaban J connectivity index is 2.33. The maximum atomic E-state index is 13.9. The third-order valence-corrected chi connectivity index (χ3v) is 3.61. The zero-order chi connectivity index (χ0) is 15.6. The van der Waals surface area contributed by atoms with Crippen LogP contribution in [0.4, 0.5) is 17.6 Å². The molecule has 0 aliphatic heterocycles. The van der Waals surface area contributed by atoms with Gasteiger partial charge in [-0.3, -0.25) is 4.79 Å². The highest BCUT2D eigenvalue weighted by Crippen LogP contribution is 2.36. The first kappa shape index (κ1) is 15.4. The van der Waals surface area contributed by atoms with E-state index in [-0.39, 0.29) is 23.4 Å². The van der Waals surface area contributed by atoms with Crippen LogP contribution in [0.25, 0.3) is 10.6 Å². The topological polar surface area (TPSA) is 50.2 Å². The molecule has 0 unspecified atom stereocenters. The first-order chi connectivity index (χ1) is 9.79. The molecule has 0 aliphatic carbocycles. The Labute approximate surface area is 120 Å². The van der Waals surface area contributed by atoms with Gasteiger partial charge in [0, 0.05) is 17.4 Å². The molecule has 0 bridgehead atoms. The lowest BCUT2D eigenvalue weighted by Crippen LogP contribution is -2.08. The van der Waals surface area contributed by atoms with E-state index >= 15 is 0 Å². The molecule has 2 aromatic rings. The molecule has 21 heavy (non-hydrogen) atoms. The molecule has 1 heterocycles. The molecule has 0 saturated heterocycles. The lowest BCUT2D eigenvalue weighted by atomic mass is 10.1. The monoisotopic (exact) mass is 319 g/mol. The van der Waals surface area contributed by atoms with E-state index in [0.717, 1.165) is 17.4 Å². The number of benzene rings is 1. The Hall–Kier alpha value is -1.96. The molecule has 0 aliphatic rings. The van der Waals surface area contributed by atoms with E-state index in [2.05, 4.69) is 4.98 Å². The molecule has 112 valence electrons. The number of halogens is 4. The van der Waals surface area contributed by atoms with Crippen LogP contribution in [-0.4, -0.2) is 16.1 Å². The molecule has 0 atom stereocenters. The number of thiazole rings is 1. The molecule has 1 N–H and O–H groups in total. The van der Waals surface area contributed by atoms with Gasteiger partial charge in [-0.15, -0.1) is 11.3 Å². The van der Waals surface area contributed by atoms with Gasteiger partial charge in [-0.05, 0) is 12.1 Å². The molecule has 0 fully saturated rings. The van der Waals surface area contributed by atoms with Crippen molar-refractivity contribution in [3.8, 4) is 10.6 Å². The van der Waals surface area contributed by atoms with E-state index in [1.807, 2.05) is 0 Å². The van der Waals surface area contributed by atoms with Crippen molar-refractivity contribution in [2.24, 2.45) is 0 Å². The second-order valence-corrected chi connectivity index (χ2v) is 5.06. The van der Waals surface area contributed by atoms with Gasteiger partial charge in [0.2, 0.25) is 0 Å². The smallest absolute Gasteiger partial charge is 0.419 e. The quantitative estimate of drug-likeness (QED) is 0.867. The van der Waals surface area contributed by atoms with Crippen molar-refractivity contribution in [1.29, 1.82) is 0 Å². The first-order valence-corrected chi connectivity index (χ1v) is 6.69. The minimum Gasteiger partial charge on any atom is -0.481 e. The van der Waals surface area contributed by atoms with Crippen molar-refractivity contribution in [2.45, 2.75) is 19.0 Å². The van der Waals surface area contributed by atoms with Crippen molar-refractivity contribution in [3.63, 3.8) is 0 Å². The van der Waals surface area contributed by atoms with Crippen molar-refractivity contribution < 1.29 is 27.5 Å². The minimum absolute atomic E-state index is 0.0963. The van der Waals surface area contributed by atoms with Crippen LogP contribution in [0.5, 0.6) is 0 Å². The predicted molar refractivity (Wildman–Crippen MR) is 68.5 cm³/mol. The van der Waals surface area contributed by atoms with Gasteiger partial charge in [-0.25, -0.2) is 9.37 Å². The van der Waals surface area contributed by atoms with E-state index in [1.165, 1.54) is 11.4 Å². The standard InChI is InChI=1S/C13H9F4NO2S/c14-11-8(2-1-3-9(11)13(15,16)17)12-18-7(6-21-12)4-5-10(19)20/h1-3,6H,4-5H2,(H,19,20). The van der Waals surface area contributed by atoms with E-state index < -0.39 is 23.5 Å². The Morgan fingerprint density at radius 2 is 2.05 bits per heavy atom. The number of rotatable bonds is 4. The number of hydrogen-bond donors (Lipinski definition) is 1. The highest BCUT2D eigenvalue weighted by molar-refractivity contribution is 7.13. The molecular weight excluding hydrogens is 310 g/mol. The van der Waals surface area contributed by atoms with Gasteiger partial charge in [-0.2, -0.15) is 13.2 Å². The molecule has 3 nitrogen and oxygen atoms in total. The van der Waals surface area contributed by atoms with Crippen LogP contribution >= 0.6 is 11.3 Å². The summed E-state index contributed by atoms with van der Waals surface area (Å²) < 4.78 is 51.8. The van der Waals surface area contributed by atoms with Gasteiger partial charge in [-0.1, -0.05) is 6.07 Å². The molecule has 0 saturated carbocycles. The van der Waals surface area contributed by atoms with Gasteiger partial charge in [0.25, 0.3) is 0 Å². The number of carboxylic acids is 1. The minimum atomic E-state index is -4.77. The molecular formula is C13H9F4NO2S. The summed E-state index contributed by atoms with van der Waals surface area (Å²) in [5, 5.41) is 10.2. The zero-order valence-electron chi connectivity index (χ0n) is 10.4. The van der Waals surface area contributed by atoms with Gasteiger partial charge in [0.15, 0.2) is 0 Å². The average molecular weight is 319 g/mol. The molecule has 0 radical (unpaired) electrons. The average Bonchev–Trinajstić information content (AvgIpc) is 2.83. The summed E-state index contributed by atoms with van der Waals surface area (Å²) in [7, 11) is 0. The van der Waals surface area contributed by atoms with E-state index in [4.69, 9.17) is 5.11 Å². The number of hydrogen-bond acceptors (Lipinski definition) is 3. The Morgan fingerprint density at radius 1 is 1.33 bits per heavy atom. The normalized spacial score (nSPS) is 11.6. The predicted octanol–water partition coefficient (Wildman–Crippen LogP) is 3.99. The second kappa shape index (κ2) is 5.80. The van der Waals surface area contributed by atoms with Crippen molar-refractivity contribution >= 4 is 17.3 Å². The van der Waals surface area contributed by atoms with E-state index in [0.29, 0.717) is 11.8 Å². The Morgan fingerprint density at radius 3 is 2.67 bits per heavy atom. The van der Waals surface area contributed by atoms with Crippen LogP contribution in [0.15, 0.2) is 23.6 Å². The lowest BCUT2D eigenvalue weighted by Gasteiger charge is -2.09. The number of alkyl halides is 3. The summed E-state index contributed by atoms with van der Waals surface area (Å²) in [5.41, 5.74) is -1.17. The lowest BCUT2D eigenvalue weighted by molar-refractivity contribution is -0.140. The van der Waals surface area contributed by atoms with Gasteiger partial charge >= 0.3 is 12.1 Å². The highest BCUT2D eigenvalue weighted by Gasteiger charge is 2.35. The van der Waals surface area contributed by atoms with E-state index in [1.54, 1.807) is 0 Å². The summed E-state index contributed by atoms with van der Waals surface area (Å²) in [4.78, 5) is 14.4. The zero-order valence-corrected chi connectivity index (χ0v) is 11.3. The van der Waals surface area contributed by atoms with Crippen molar-refractivity contribution in [3.05, 3.63) is 40.7 Å². The van der Waals surface area contributed by atoms with Gasteiger partial charge < -0.3 is 5.11 Å². The molecule has 0 amide bonds. The van der Waals surface area contributed by atoms with E-state index in [9.17, 15) is 22.4 Å². The number of carbonyl (C=O) groups is 1. The second-order valence-electron chi connectivity index (χ2n) is 4.20. The largest absolute Gasteiger partial charge is 0.481 e. The maximum Gasteiger partial charge on any atom is 0.419 e. The van der Waals surface area contributed by atoms with Crippen molar-refractivity contribution in [2.75, 3.05) is 0 Å². The fourth-order valence-electron chi connectivity index (χ4n) is 1.70. The molecule has 2 rings (SSSR count). The van der Waals surface area contributed by atoms with Crippen LogP contribution in [0.3, 0.4) is 0 Å². The van der Waals surface area contributed by atoms with Gasteiger partial charge in [0.1, 0.15) is 10.8 Å². The van der Waals surface area contributed by atoms with Crippen molar-refractivity contribution in [1.82, 2.24) is 4.98 Å². The number of carboxylic acid groups (broad SMARTS) is 1. The molecule has 8 heteroatoms. The fourth-order valence-corrected chi connectivity index (χ4v) is 2.57. The number of aromatic nitrogens is 1. The number of aryl methyl sites for hydroxylation is 1. The first-order valence-electron chi connectivity index (χ1n) is 5.81. The summed E-state index contributed by atoms with van der Waals surface area (Å²) in [6.07, 6.45) is -4.77. The SMILES string of the molecule is O=C(O)CCc1csc(-c2cccc(C(F)(F)F)c2F)n1. The van der Waals surface area contributed by atoms with Crippen LogP contribution in [-0.2, 0) is 17.4 Å². The molecule has 1 aromatic heterocycles. The molecule has 0 spiro atoms. The summed E-state index contributed by atoms with van der Waals surface area (Å²) in [5.74, 6) is -2.38. The third-order valence-electron chi connectivity index (χ3n) is 2.68. The summed E-state index contributed by atoms with van der Waals surface area (Å²) in [6.45, 7) is 0. The number of nitrogens with zero attached hydrogens (tertiary/aromatic N) is 1. The third kappa shape index (κ3) is 3.57. The maximum absolute atomic E-state index is 13.9. The summed E-state index contributed by atoms with van der Waals surface area (Å²) in [6, 6.07) is 2.99. The summed E-state index contributed by atoms with van der Waals surface area (Å²) >= 11 is 0.976. The fraction of sp³-hybridized carbons (Fsp3) is 0.231. The van der Waals surface area contributed by atoms with Crippen LogP contribution in [0.2, 0.25) is 0 Å². The van der Waals surface area contributed by atoms with Crippen LogP contribution in [0, 0.1) is 5.82 Å². The highest BCUT2D eigenvalue weighted by atomic mass is 32.1. The molecule has 1 aromatic carbocycles.